The summed E-state index contributed by atoms with van der Waals surface area (Å²) in [6, 6.07) is 0. The molecule has 0 aliphatic heterocycles. The van der Waals surface area contributed by atoms with Gasteiger partial charge in [0, 0.05) is 0 Å². The molecule has 0 atom stereocenters. The van der Waals surface area contributed by atoms with Crippen LogP contribution in [-0.2, 0) is 0 Å². The molecule has 5 heteroatoms. The molecule has 8 heavy (non-hydrogen) atoms. The lowest BCUT2D eigenvalue weighted by atomic mass is 10.8. The van der Waals surface area contributed by atoms with Gasteiger partial charge < -0.3 is 5.73 Å². The highest BCUT2D eigenvalue weighted by Gasteiger charge is 2.02. The van der Waals surface area contributed by atoms with Crippen molar-refractivity contribution in [1.29, 1.82) is 0 Å². The van der Waals surface area contributed by atoms with E-state index in [-0.39, 0.29) is 0 Å². The molecule has 5 nitrogen and oxygen atoms in total. The van der Waals surface area contributed by atoms with Gasteiger partial charge in [-0.15, -0.1) is 0 Å². The lowest BCUT2D eigenvalue weighted by Gasteiger charge is -1.73. The van der Waals surface area contributed by atoms with Crippen molar-refractivity contribution in [3.8, 4) is 0 Å². The zero-order chi connectivity index (χ0) is 5.98. The van der Waals surface area contributed by atoms with Crippen LogP contribution in [0.2, 0.25) is 0 Å². The topological polar surface area (TPSA) is 68.0 Å². The summed E-state index contributed by atoms with van der Waals surface area (Å²) in [4.78, 5) is 1.37. The Morgan fingerprint density at radius 1 is 2.00 bits per heavy atom. The Morgan fingerprint density at radius 2 is 2.75 bits per heavy atom. The molecule has 1 rings (SSSR count). The van der Waals surface area contributed by atoms with Gasteiger partial charge in [0.25, 0.3) is 12.1 Å². The fourth-order valence-electron chi connectivity index (χ4n) is 0.364. The largest absolute Gasteiger partial charge is 0.362 e. The fourth-order valence-corrected chi connectivity index (χ4v) is 0.364. The van der Waals surface area contributed by atoms with Crippen LogP contribution in [0.4, 0.5) is 5.88 Å². The van der Waals surface area contributed by atoms with Gasteiger partial charge in [-0.1, -0.05) is 0 Å². The van der Waals surface area contributed by atoms with Crippen LogP contribution in [0.5, 0.6) is 0 Å². The second-order valence-corrected chi connectivity index (χ2v) is 1.27. The van der Waals surface area contributed by atoms with E-state index in [1.165, 1.54) is 11.0 Å². The third kappa shape index (κ3) is 0.699. The molecule has 1 aromatic rings. The third-order valence-electron chi connectivity index (χ3n) is 0.713. The van der Waals surface area contributed by atoms with E-state index in [1.54, 1.807) is 7.05 Å². The Hall–Kier alpha value is -1.26. The van der Waals surface area contributed by atoms with Gasteiger partial charge in [-0.25, -0.2) is 0 Å². The molecule has 0 amide bonds. The average molecular weight is 115 g/mol. The average Bonchev–Trinajstić information content (AvgIpc) is 2.14. The van der Waals surface area contributed by atoms with E-state index in [0.717, 1.165) is 0 Å². The molecular weight excluding hydrogens is 108 g/mol. The Balaban J connectivity index is 2.84. The van der Waals surface area contributed by atoms with Crippen LogP contribution >= 0.6 is 0 Å². The minimum atomic E-state index is 0.291. The number of aromatic nitrogens is 2. The van der Waals surface area contributed by atoms with Gasteiger partial charge in [-0.3, -0.25) is 4.52 Å². The summed E-state index contributed by atoms with van der Waals surface area (Å²) in [5, 5.41) is 3.44. The van der Waals surface area contributed by atoms with Gasteiger partial charge in [0.2, 0.25) is 5.27 Å². The smallest absolute Gasteiger partial charge is 0.296 e. The Labute approximate surface area is 46.0 Å². The Kier molecular flexibility index (Phi) is 1.03. The summed E-state index contributed by atoms with van der Waals surface area (Å²) in [5.74, 6) is 0.291. The van der Waals surface area contributed by atoms with Crippen molar-refractivity contribution >= 4 is 5.88 Å². The molecule has 3 N–H and O–H groups in total. The molecule has 0 saturated carbocycles. The highest BCUT2D eigenvalue weighted by atomic mass is 16.5. The number of nitrogens with one attached hydrogen (secondary N) is 1. The summed E-state index contributed by atoms with van der Waals surface area (Å²) in [6.45, 7) is 0. The molecule has 0 aliphatic carbocycles. The molecular formula is C3H7N4O+. The monoisotopic (exact) mass is 115 g/mol. The van der Waals surface area contributed by atoms with E-state index < -0.39 is 0 Å². The molecule has 0 unspecified atom stereocenters. The van der Waals surface area contributed by atoms with Crippen molar-refractivity contribution in [3.63, 3.8) is 0 Å². The second-order valence-electron chi connectivity index (χ2n) is 1.27. The number of hydrogen-bond acceptors (Lipinski definition) is 4. The first kappa shape index (κ1) is 4.89. The maximum atomic E-state index is 5.16. The molecule has 1 heterocycles. The minimum Gasteiger partial charge on any atom is -0.362 e. The Bertz CT molecular complexity index is 172. The summed E-state index contributed by atoms with van der Waals surface area (Å²) >= 11 is 0. The van der Waals surface area contributed by atoms with E-state index in [1.807, 2.05) is 0 Å². The van der Waals surface area contributed by atoms with Crippen LogP contribution in [0, 0.1) is 0 Å². The number of nitrogen functional groups attached to an aromatic ring is 1. The minimum absolute atomic E-state index is 0.291. The van der Waals surface area contributed by atoms with Crippen molar-refractivity contribution in [2.45, 2.75) is 0 Å². The summed E-state index contributed by atoms with van der Waals surface area (Å²) in [6.07, 6.45) is 1.53. The van der Waals surface area contributed by atoms with Crippen molar-refractivity contribution < 1.29 is 9.31 Å². The molecule has 0 aromatic carbocycles. The molecule has 0 aliphatic rings. The van der Waals surface area contributed by atoms with Crippen LogP contribution in [-0.4, -0.2) is 12.3 Å². The van der Waals surface area contributed by atoms with Gasteiger partial charge in [0.1, 0.15) is 0 Å². The summed E-state index contributed by atoms with van der Waals surface area (Å²) in [7, 11) is 1.71. The van der Waals surface area contributed by atoms with Crippen molar-refractivity contribution in [2.75, 3.05) is 18.2 Å². The molecule has 0 fully saturated rings. The molecule has 0 spiro atoms. The normalized spacial score (nSPS) is 9.12. The van der Waals surface area contributed by atoms with Crippen LogP contribution in [0.25, 0.3) is 0 Å². The van der Waals surface area contributed by atoms with Crippen LogP contribution in [0.1, 0.15) is 0 Å². The number of hydrogen-bond donors (Lipinski definition) is 2. The maximum absolute atomic E-state index is 5.16. The van der Waals surface area contributed by atoms with Crippen LogP contribution in [0.3, 0.4) is 0 Å². The number of nitrogens with two attached hydrogens (primary N) is 1. The lowest BCUT2D eigenvalue weighted by molar-refractivity contribution is -0.717. The highest BCUT2D eigenvalue weighted by Crippen LogP contribution is 1.87. The predicted molar refractivity (Wildman–Crippen MR) is 26.4 cm³/mol. The van der Waals surface area contributed by atoms with Crippen molar-refractivity contribution in [3.05, 3.63) is 6.20 Å². The molecule has 0 bridgehead atoms. The zero-order valence-electron chi connectivity index (χ0n) is 4.46. The van der Waals surface area contributed by atoms with Gasteiger partial charge in [-0.05, 0) is 0 Å². The van der Waals surface area contributed by atoms with Crippen LogP contribution < -0.4 is 16.0 Å². The van der Waals surface area contributed by atoms with E-state index in [9.17, 15) is 0 Å². The van der Waals surface area contributed by atoms with Gasteiger partial charge >= 0.3 is 0 Å². The van der Waals surface area contributed by atoms with Crippen molar-refractivity contribution in [1.82, 2.24) is 5.27 Å². The van der Waals surface area contributed by atoms with Crippen LogP contribution in [0.15, 0.2) is 10.7 Å². The first-order valence-electron chi connectivity index (χ1n) is 2.15. The third-order valence-corrected chi connectivity index (χ3v) is 0.713. The number of anilines is 1. The van der Waals surface area contributed by atoms with E-state index in [4.69, 9.17) is 5.73 Å². The standard InChI is InChI=1S/C3H7N4O/c1-5-7-2-3(4)8-6-7/h2H,4H2,1H3,(H,5,6)/q+1. The predicted octanol–water partition coefficient (Wildman–Crippen LogP) is -1.28. The van der Waals surface area contributed by atoms with E-state index >= 15 is 0 Å². The fraction of sp³-hybridized carbons (Fsp3) is 0.333. The Morgan fingerprint density at radius 3 is 3.00 bits per heavy atom. The van der Waals surface area contributed by atoms with E-state index in [2.05, 4.69) is 15.2 Å². The quantitative estimate of drug-likeness (QED) is 0.447. The second kappa shape index (κ2) is 1.69. The molecule has 1 aromatic heterocycles. The van der Waals surface area contributed by atoms with Gasteiger partial charge in [0.05, 0.1) is 11.8 Å². The maximum Gasteiger partial charge on any atom is 0.296 e. The number of rotatable bonds is 1. The highest BCUT2D eigenvalue weighted by molar-refractivity contribution is 5.11. The van der Waals surface area contributed by atoms with Gasteiger partial charge in [0.15, 0.2) is 0 Å². The first-order valence-corrected chi connectivity index (χ1v) is 2.15. The lowest BCUT2D eigenvalue weighted by Crippen LogP contribution is -2.43. The van der Waals surface area contributed by atoms with Crippen molar-refractivity contribution in [2.24, 2.45) is 0 Å². The summed E-state index contributed by atoms with van der Waals surface area (Å²) in [5.41, 5.74) is 7.84. The molecule has 0 radical (unpaired) electrons. The van der Waals surface area contributed by atoms with Gasteiger partial charge in [-0.2, -0.15) is 5.43 Å². The summed E-state index contributed by atoms with van der Waals surface area (Å²) < 4.78 is 4.48. The first-order chi connectivity index (χ1) is 3.83. The molecule has 0 saturated heterocycles. The van der Waals surface area contributed by atoms with E-state index in [0.29, 0.717) is 5.88 Å². The SMILES string of the molecule is CN[n+]1cc(N)on1. The zero-order valence-corrected chi connectivity index (χ0v) is 4.46. The number of nitrogens with zero attached hydrogens (tertiary/aromatic N) is 2. The molecule has 44 valence electrons.